The Bertz CT molecular complexity index is 1420. The van der Waals surface area contributed by atoms with Gasteiger partial charge in [0.1, 0.15) is 11.9 Å². The summed E-state index contributed by atoms with van der Waals surface area (Å²) < 4.78 is 71.2. The molecule has 0 aromatic heterocycles. The Hall–Kier alpha value is -3.96. The van der Waals surface area contributed by atoms with Gasteiger partial charge in [0.2, 0.25) is 0 Å². The quantitative estimate of drug-likeness (QED) is 0.389. The third-order valence-corrected chi connectivity index (χ3v) is 7.04. The summed E-state index contributed by atoms with van der Waals surface area (Å²) in [6, 6.07) is 18.9. The Kier molecular flexibility index (Phi) is 5.89. The summed E-state index contributed by atoms with van der Waals surface area (Å²) in [6.45, 7) is 0. The van der Waals surface area contributed by atoms with Crippen molar-refractivity contribution in [3.05, 3.63) is 96.3 Å². The summed E-state index contributed by atoms with van der Waals surface area (Å²) in [5, 5.41) is 11.3. The summed E-state index contributed by atoms with van der Waals surface area (Å²) in [4.78, 5) is 1.78. The van der Waals surface area contributed by atoms with E-state index in [1.807, 2.05) is 59.5 Å². The van der Waals surface area contributed by atoms with Crippen LogP contribution < -0.4 is 19.1 Å². The van der Waals surface area contributed by atoms with Crippen LogP contribution in [0.15, 0.2) is 101 Å². The van der Waals surface area contributed by atoms with Crippen molar-refractivity contribution in [1.29, 1.82) is 4.78 Å². The summed E-state index contributed by atoms with van der Waals surface area (Å²) in [5.41, 5.74) is 2.03. The van der Waals surface area contributed by atoms with E-state index < -0.39 is 28.1 Å². The smallest absolute Gasteiger partial charge is 0.453 e. The topological polar surface area (TPSA) is 94.9 Å². The zero-order valence-electron chi connectivity index (χ0n) is 18.5. The second-order valence-electron chi connectivity index (χ2n) is 7.98. The molecule has 186 valence electrons. The lowest BCUT2D eigenvalue weighted by Gasteiger charge is -2.37. The van der Waals surface area contributed by atoms with Gasteiger partial charge in [0.05, 0.1) is 27.7 Å². The maximum Gasteiger partial charge on any atom is 0.573 e. The van der Waals surface area contributed by atoms with Crippen molar-refractivity contribution in [3.63, 3.8) is 0 Å². The Morgan fingerprint density at radius 3 is 2.14 bits per heavy atom. The van der Waals surface area contributed by atoms with Crippen molar-refractivity contribution < 1.29 is 32.0 Å². The molecule has 1 unspecified atom stereocenters. The number of para-hydroxylation sites is 4. The van der Waals surface area contributed by atoms with Crippen molar-refractivity contribution in [1.82, 2.24) is 4.72 Å². The van der Waals surface area contributed by atoms with E-state index in [1.165, 1.54) is 0 Å². The maximum atomic E-state index is 13.2. The van der Waals surface area contributed by atoms with Crippen LogP contribution in [0.4, 0.5) is 24.5 Å². The van der Waals surface area contributed by atoms with Gasteiger partial charge in [0.25, 0.3) is 0 Å². The standard InChI is InChI=1S/C25H20F3N3O4S/c26-25(27,28)35-16-12-14-17(15-13-16)36(29,33)30-18-6-5-9-21(24(18)32)31-19-7-1-3-10-22(19)34-23-11-4-2-8-20(23)31/h1-4,6-15,24,32H,5H2,(H2,29,30,33)/t24-,36?/m1/s1. The molecule has 0 saturated heterocycles. The lowest BCUT2D eigenvalue weighted by molar-refractivity contribution is -0.274. The van der Waals surface area contributed by atoms with Crippen LogP contribution in [0.5, 0.6) is 17.2 Å². The monoisotopic (exact) mass is 515 g/mol. The second kappa shape index (κ2) is 8.92. The number of rotatable bonds is 5. The van der Waals surface area contributed by atoms with Gasteiger partial charge in [-0.05, 0) is 55.0 Å². The van der Waals surface area contributed by atoms with Crippen molar-refractivity contribution in [2.75, 3.05) is 4.90 Å². The molecular formula is C25H20F3N3O4S. The highest BCUT2D eigenvalue weighted by Gasteiger charge is 2.33. The SMILES string of the molecule is N=S(=O)(NC1=CCC=C(N2c3ccccc3Oc3ccccc32)[C@@H]1O)c1ccc(OC(F)(F)F)cc1. The Labute approximate surface area is 205 Å². The van der Waals surface area contributed by atoms with Gasteiger partial charge in [-0.1, -0.05) is 36.4 Å². The van der Waals surface area contributed by atoms with Gasteiger partial charge in [-0.25, -0.2) is 8.99 Å². The number of nitrogens with one attached hydrogen (secondary N) is 2. The molecule has 0 saturated carbocycles. The molecule has 3 aromatic carbocycles. The van der Waals surface area contributed by atoms with Crippen LogP contribution in [0.25, 0.3) is 0 Å². The molecule has 0 amide bonds. The molecule has 7 nitrogen and oxygen atoms in total. The fourth-order valence-corrected chi connectivity index (χ4v) is 5.21. The molecule has 2 atom stereocenters. The van der Waals surface area contributed by atoms with Gasteiger partial charge in [0, 0.05) is 0 Å². The zero-order chi connectivity index (χ0) is 25.5. The van der Waals surface area contributed by atoms with Crippen LogP contribution in [0, 0.1) is 4.78 Å². The molecule has 36 heavy (non-hydrogen) atoms. The molecule has 0 spiro atoms. The van der Waals surface area contributed by atoms with Gasteiger partial charge in [-0.2, -0.15) is 0 Å². The molecule has 0 fully saturated rings. The minimum Gasteiger partial charge on any atom is -0.453 e. The van der Waals surface area contributed by atoms with E-state index in [0.717, 1.165) is 24.3 Å². The number of nitrogens with zero attached hydrogens (tertiary/aromatic N) is 1. The van der Waals surface area contributed by atoms with Crippen molar-refractivity contribution >= 4 is 21.3 Å². The minimum atomic E-state index is -4.86. The van der Waals surface area contributed by atoms with E-state index in [1.54, 1.807) is 6.08 Å². The molecule has 5 rings (SSSR count). The van der Waals surface area contributed by atoms with E-state index in [-0.39, 0.29) is 10.6 Å². The van der Waals surface area contributed by atoms with Crippen molar-refractivity contribution in [2.45, 2.75) is 23.8 Å². The lowest BCUT2D eigenvalue weighted by Crippen LogP contribution is -2.37. The highest BCUT2D eigenvalue weighted by Crippen LogP contribution is 2.49. The molecule has 0 radical (unpaired) electrons. The first-order chi connectivity index (χ1) is 17.1. The number of benzene rings is 3. The first-order valence-electron chi connectivity index (χ1n) is 10.8. The summed E-state index contributed by atoms with van der Waals surface area (Å²) in [6.07, 6.45) is -2.31. The largest absolute Gasteiger partial charge is 0.573 e. The van der Waals surface area contributed by atoms with Gasteiger partial charge in [0.15, 0.2) is 21.4 Å². The minimum absolute atomic E-state index is 0.0664. The fourth-order valence-electron chi connectivity index (χ4n) is 4.04. The number of allylic oxidation sites excluding steroid dienone is 2. The number of aliphatic hydroxyl groups excluding tert-OH is 1. The number of fused-ring (bicyclic) bond motifs is 2. The first-order valence-corrected chi connectivity index (χ1v) is 12.3. The van der Waals surface area contributed by atoms with Crippen molar-refractivity contribution in [3.8, 4) is 17.2 Å². The molecule has 1 aliphatic heterocycles. The van der Waals surface area contributed by atoms with Crippen LogP contribution in [-0.4, -0.2) is 21.8 Å². The Morgan fingerprint density at radius 2 is 1.56 bits per heavy atom. The van der Waals surface area contributed by atoms with Gasteiger partial charge < -0.3 is 19.5 Å². The number of hydrogen-bond donors (Lipinski definition) is 3. The predicted molar refractivity (Wildman–Crippen MR) is 127 cm³/mol. The third-order valence-electron chi connectivity index (χ3n) is 5.58. The zero-order valence-corrected chi connectivity index (χ0v) is 19.3. The average Bonchev–Trinajstić information content (AvgIpc) is 2.83. The molecule has 3 N–H and O–H groups in total. The number of ether oxygens (including phenoxy) is 2. The Morgan fingerprint density at radius 1 is 0.972 bits per heavy atom. The highest BCUT2D eigenvalue weighted by molar-refractivity contribution is 7.90. The number of halogens is 3. The van der Waals surface area contributed by atoms with Crippen LogP contribution in [0.1, 0.15) is 6.42 Å². The normalized spacial score (nSPS) is 18.6. The predicted octanol–water partition coefficient (Wildman–Crippen LogP) is 5.97. The van der Waals surface area contributed by atoms with E-state index in [4.69, 9.17) is 9.52 Å². The summed E-state index contributed by atoms with van der Waals surface area (Å²) in [5.74, 6) is 0.700. The maximum absolute atomic E-state index is 13.2. The van der Waals surface area contributed by atoms with Gasteiger partial charge >= 0.3 is 6.36 Å². The molecule has 11 heteroatoms. The number of aliphatic hydroxyl groups is 1. The molecule has 0 bridgehead atoms. The molecule has 3 aromatic rings. The molecule has 2 aliphatic rings. The average molecular weight is 516 g/mol. The highest BCUT2D eigenvalue weighted by atomic mass is 32.2. The first kappa shape index (κ1) is 23.8. The van der Waals surface area contributed by atoms with Crippen LogP contribution >= 0.6 is 0 Å². The molecule has 1 aliphatic carbocycles. The fraction of sp³-hybridized carbons (Fsp3) is 0.120. The van der Waals surface area contributed by atoms with Crippen molar-refractivity contribution in [2.24, 2.45) is 0 Å². The Balaban J connectivity index is 1.41. The number of alkyl halides is 3. The van der Waals surface area contributed by atoms with Gasteiger partial charge in [-0.15, -0.1) is 13.2 Å². The van der Waals surface area contributed by atoms with E-state index in [9.17, 15) is 22.5 Å². The lowest BCUT2D eigenvalue weighted by atomic mass is 10.0. The van der Waals surface area contributed by atoms with Gasteiger partial charge in [-0.3, -0.25) is 4.72 Å². The van der Waals surface area contributed by atoms with E-state index in [0.29, 0.717) is 35.0 Å². The molecular weight excluding hydrogens is 495 g/mol. The van der Waals surface area contributed by atoms with Crippen LogP contribution in [-0.2, 0) is 9.92 Å². The number of hydrogen-bond acceptors (Lipinski definition) is 6. The second-order valence-corrected chi connectivity index (χ2v) is 9.76. The third kappa shape index (κ3) is 4.62. The van der Waals surface area contributed by atoms with E-state index >= 15 is 0 Å². The van der Waals surface area contributed by atoms with E-state index in [2.05, 4.69) is 9.46 Å². The number of anilines is 2. The molecule has 1 heterocycles. The summed E-state index contributed by atoms with van der Waals surface area (Å²) >= 11 is 0. The van der Waals surface area contributed by atoms with Crippen LogP contribution in [0.3, 0.4) is 0 Å². The summed E-state index contributed by atoms with van der Waals surface area (Å²) in [7, 11) is -3.71. The van der Waals surface area contributed by atoms with Crippen LogP contribution in [0.2, 0.25) is 0 Å².